The second-order valence-electron chi connectivity index (χ2n) is 7.97. The number of primary amides is 1. The number of pyridine rings is 1. The Morgan fingerprint density at radius 3 is 2.52 bits per heavy atom. The van der Waals surface area contributed by atoms with Crippen LogP contribution in [0, 0.1) is 0 Å². The summed E-state index contributed by atoms with van der Waals surface area (Å²) < 4.78 is 5.65. The lowest BCUT2D eigenvalue weighted by Crippen LogP contribution is -2.48. The van der Waals surface area contributed by atoms with E-state index in [0.29, 0.717) is 29.8 Å². The fourth-order valence-electron chi connectivity index (χ4n) is 3.58. The smallest absolute Gasteiger partial charge is 0.252 e. The Kier molecular flexibility index (Phi) is 7.97. The van der Waals surface area contributed by atoms with Gasteiger partial charge in [0, 0.05) is 44.7 Å². The summed E-state index contributed by atoms with van der Waals surface area (Å²) in [7, 11) is 0. The first kappa shape index (κ1) is 22.7. The molecule has 1 aromatic heterocycles. The highest BCUT2D eigenvalue weighted by molar-refractivity contribution is 5.95. The summed E-state index contributed by atoms with van der Waals surface area (Å²) in [6.45, 7) is 9.69. The van der Waals surface area contributed by atoms with Gasteiger partial charge in [0.15, 0.2) is 0 Å². The van der Waals surface area contributed by atoms with Crippen LogP contribution < -0.4 is 15.8 Å². The molecule has 0 saturated carbocycles. The summed E-state index contributed by atoms with van der Waals surface area (Å²) in [5.74, 6) is 0.0531. The number of hydrogen-bond acceptors (Lipinski definition) is 6. The monoisotopic (exact) mass is 425 g/mol. The molecule has 1 saturated heterocycles. The summed E-state index contributed by atoms with van der Waals surface area (Å²) in [5.41, 5.74) is 6.25. The molecule has 3 rings (SSSR count). The Morgan fingerprint density at radius 2 is 1.87 bits per heavy atom. The van der Waals surface area contributed by atoms with Crippen LogP contribution in [0.2, 0.25) is 0 Å². The van der Waals surface area contributed by atoms with Crippen LogP contribution >= 0.6 is 0 Å². The van der Waals surface area contributed by atoms with Gasteiger partial charge in [0.1, 0.15) is 5.75 Å². The number of carbonyl (C=O) groups is 2. The summed E-state index contributed by atoms with van der Waals surface area (Å²) in [4.78, 5) is 32.8. The fourth-order valence-corrected chi connectivity index (χ4v) is 3.58. The standard InChI is InChI=1S/C23H31N5O3/c1-17(2)28-14-12-27(13-15-28)11-5-8-21(29)26-18-9-10-22(25-16-18)31-20-7-4-3-6-19(20)23(24)30/h3-4,6-7,9-10,16-17H,5,8,11-15H2,1-2H3,(H2,24,30)(H,26,29). The zero-order chi connectivity index (χ0) is 22.2. The van der Waals surface area contributed by atoms with Gasteiger partial charge >= 0.3 is 0 Å². The number of nitrogens with two attached hydrogens (primary N) is 1. The predicted molar refractivity (Wildman–Crippen MR) is 120 cm³/mol. The second-order valence-corrected chi connectivity index (χ2v) is 7.97. The third-order valence-electron chi connectivity index (χ3n) is 5.40. The number of anilines is 1. The minimum absolute atomic E-state index is 0.0321. The van der Waals surface area contributed by atoms with Crippen LogP contribution in [0.25, 0.3) is 0 Å². The van der Waals surface area contributed by atoms with Gasteiger partial charge in [-0.15, -0.1) is 0 Å². The molecular weight excluding hydrogens is 394 g/mol. The number of rotatable bonds is 9. The van der Waals surface area contributed by atoms with E-state index in [9.17, 15) is 9.59 Å². The number of carbonyl (C=O) groups excluding carboxylic acids is 2. The quantitative estimate of drug-likeness (QED) is 0.641. The van der Waals surface area contributed by atoms with Gasteiger partial charge in [-0.05, 0) is 45.0 Å². The molecule has 2 aromatic rings. The molecule has 2 amide bonds. The van der Waals surface area contributed by atoms with Crippen LogP contribution in [-0.4, -0.2) is 65.4 Å². The predicted octanol–water partition coefficient (Wildman–Crippen LogP) is 2.72. The maximum atomic E-state index is 12.2. The number of para-hydroxylation sites is 1. The maximum absolute atomic E-state index is 12.2. The SMILES string of the molecule is CC(C)N1CCN(CCCC(=O)Nc2ccc(Oc3ccccc3C(N)=O)nc2)CC1. The van der Waals surface area contributed by atoms with E-state index in [0.717, 1.165) is 39.1 Å². The van der Waals surface area contributed by atoms with E-state index in [1.54, 1.807) is 36.4 Å². The van der Waals surface area contributed by atoms with Gasteiger partial charge in [-0.2, -0.15) is 0 Å². The lowest BCUT2D eigenvalue weighted by molar-refractivity contribution is -0.116. The zero-order valence-corrected chi connectivity index (χ0v) is 18.2. The van der Waals surface area contributed by atoms with Crippen molar-refractivity contribution in [3.05, 3.63) is 48.2 Å². The van der Waals surface area contributed by atoms with E-state index in [2.05, 4.69) is 33.9 Å². The third kappa shape index (κ3) is 6.77. The van der Waals surface area contributed by atoms with Crippen molar-refractivity contribution >= 4 is 17.5 Å². The Hall–Kier alpha value is -2.97. The number of nitrogens with zero attached hydrogens (tertiary/aromatic N) is 3. The maximum Gasteiger partial charge on any atom is 0.252 e. The molecule has 8 nitrogen and oxygen atoms in total. The highest BCUT2D eigenvalue weighted by atomic mass is 16.5. The van der Waals surface area contributed by atoms with Crippen LogP contribution in [0.5, 0.6) is 11.6 Å². The molecule has 0 unspecified atom stereocenters. The zero-order valence-electron chi connectivity index (χ0n) is 18.2. The van der Waals surface area contributed by atoms with Crippen LogP contribution in [0.15, 0.2) is 42.6 Å². The van der Waals surface area contributed by atoms with E-state index in [-0.39, 0.29) is 11.5 Å². The lowest BCUT2D eigenvalue weighted by atomic mass is 10.2. The Morgan fingerprint density at radius 1 is 1.13 bits per heavy atom. The molecule has 2 heterocycles. The average molecular weight is 426 g/mol. The number of piperazine rings is 1. The number of aromatic nitrogens is 1. The summed E-state index contributed by atoms with van der Waals surface area (Å²) >= 11 is 0. The molecule has 3 N–H and O–H groups in total. The highest BCUT2D eigenvalue weighted by Gasteiger charge is 2.18. The first-order chi connectivity index (χ1) is 14.9. The molecule has 0 spiro atoms. The first-order valence-corrected chi connectivity index (χ1v) is 10.7. The molecule has 0 aliphatic carbocycles. The summed E-state index contributed by atoms with van der Waals surface area (Å²) in [6.07, 6.45) is 2.83. The van der Waals surface area contributed by atoms with Gasteiger partial charge in [-0.25, -0.2) is 4.98 Å². The molecule has 166 valence electrons. The van der Waals surface area contributed by atoms with E-state index in [1.807, 2.05) is 0 Å². The Balaban J connectivity index is 1.42. The van der Waals surface area contributed by atoms with E-state index < -0.39 is 5.91 Å². The molecule has 0 radical (unpaired) electrons. The molecule has 8 heteroatoms. The van der Waals surface area contributed by atoms with E-state index in [4.69, 9.17) is 10.5 Å². The van der Waals surface area contributed by atoms with Crippen molar-refractivity contribution in [3.8, 4) is 11.6 Å². The third-order valence-corrected chi connectivity index (χ3v) is 5.40. The average Bonchev–Trinajstić information content (AvgIpc) is 2.76. The van der Waals surface area contributed by atoms with E-state index in [1.165, 1.54) is 6.20 Å². The van der Waals surface area contributed by atoms with Gasteiger partial charge in [0.2, 0.25) is 11.8 Å². The summed E-state index contributed by atoms with van der Waals surface area (Å²) in [5, 5.41) is 2.86. The largest absolute Gasteiger partial charge is 0.438 e. The molecule has 1 aromatic carbocycles. The minimum Gasteiger partial charge on any atom is -0.438 e. The topological polar surface area (TPSA) is 101 Å². The van der Waals surface area contributed by atoms with E-state index >= 15 is 0 Å². The molecule has 0 bridgehead atoms. The van der Waals surface area contributed by atoms with Gasteiger partial charge in [-0.3, -0.25) is 14.5 Å². The number of ether oxygens (including phenoxy) is 1. The fraction of sp³-hybridized carbons (Fsp3) is 0.435. The van der Waals surface area contributed by atoms with Crippen LogP contribution in [0.3, 0.4) is 0 Å². The molecular formula is C23H31N5O3. The number of hydrogen-bond donors (Lipinski definition) is 2. The number of benzene rings is 1. The number of nitrogens with one attached hydrogen (secondary N) is 1. The first-order valence-electron chi connectivity index (χ1n) is 10.7. The highest BCUT2D eigenvalue weighted by Crippen LogP contribution is 2.24. The molecule has 31 heavy (non-hydrogen) atoms. The Labute approximate surface area is 183 Å². The van der Waals surface area contributed by atoms with Crippen LogP contribution in [-0.2, 0) is 4.79 Å². The van der Waals surface area contributed by atoms with Crippen LogP contribution in [0.4, 0.5) is 5.69 Å². The van der Waals surface area contributed by atoms with Crippen molar-refractivity contribution in [1.82, 2.24) is 14.8 Å². The van der Waals surface area contributed by atoms with Gasteiger partial charge < -0.3 is 20.7 Å². The van der Waals surface area contributed by atoms with Crippen molar-refractivity contribution < 1.29 is 14.3 Å². The van der Waals surface area contributed by atoms with Crippen molar-refractivity contribution in [2.75, 3.05) is 38.0 Å². The van der Waals surface area contributed by atoms with Gasteiger partial charge in [0.25, 0.3) is 5.91 Å². The normalized spacial score (nSPS) is 15.1. The van der Waals surface area contributed by atoms with Crippen molar-refractivity contribution in [3.63, 3.8) is 0 Å². The lowest BCUT2D eigenvalue weighted by Gasteiger charge is -2.36. The van der Waals surface area contributed by atoms with Gasteiger partial charge in [-0.1, -0.05) is 12.1 Å². The summed E-state index contributed by atoms with van der Waals surface area (Å²) in [6, 6.07) is 10.7. The molecule has 1 aliphatic rings. The van der Waals surface area contributed by atoms with Crippen molar-refractivity contribution in [1.29, 1.82) is 0 Å². The van der Waals surface area contributed by atoms with Crippen LogP contribution in [0.1, 0.15) is 37.0 Å². The number of amides is 2. The van der Waals surface area contributed by atoms with Crippen molar-refractivity contribution in [2.45, 2.75) is 32.7 Å². The second kappa shape index (κ2) is 10.9. The minimum atomic E-state index is -0.568. The van der Waals surface area contributed by atoms with Gasteiger partial charge in [0.05, 0.1) is 17.4 Å². The molecule has 1 fully saturated rings. The van der Waals surface area contributed by atoms with Crippen molar-refractivity contribution in [2.24, 2.45) is 5.73 Å². The Bertz CT molecular complexity index is 877. The molecule has 1 aliphatic heterocycles. The molecule has 0 atom stereocenters.